The number of hydrogen-bond donors (Lipinski definition) is 1. The number of carbonyl (C=O) groups is 1. The second kappa shape index (κ2) is 4.81. The van der Waals surface area contributed by atoms with Crippen molar-refractivity contribution in [3.05, 3.63) is 34.3 Å². The summed E-state index contributed by atoms with van der Waals surface area (Å²) in [5.74, 6) is 0.220. The predicted octanol–water partition coefficient (Wildman–Crippen LogP) is 1.96. The molecule has 14 heavy (non-hydrogen) atoms. The van der Waals surface area contributed by atoms with E-state index < -0.39 is 5.91 Å². The first-order chi connectivity index (χ1) is 6.63. The van der Waals surface area contributed by atoms with E-state index in [0.717, 1.165) is 10.0 Å². The molecule has 0 atom stereocenters. The van der Waals surface area contributed by atoms with Crippen LogP contribution in [0.5, 0.6) is 5.75 Å². The van der Waals surface area contributed by atoms with E-state index >= 15 is 0 Å². The molecule has 1 aromatic carbocycles. The summed E-state index contributed by atoms with van der Waals surface area (Å²) in [6, 6.07) is 5.52. The number of rotatable bonds is 3. The van der Waals surface area contributed by atoms with Crippen LogP contribution >= 0.6 is 15.9 Å². The largest absolute Gasteiger partial charge is 0.496 e. The number of hydrogen-bond acceptors (Lipinski definition) is 2. The molecule has 0 aliphatic heterocycles. The van der Waals surface area contributed by atoms with Crippen LogP contribution in [0.2, 0.25) is 0 Å². The molecule has 0 radical (unpaired) electrons. The summed E-state index contributed by atoms with van der Waals surface area (Å²) >= 11 is 3.33. The number of carbonyl (C=O) groups excluding carboxylic acids is 1. The van der Waals surface area contributed by atoms with Crippen molar-refractivity contribution >= 4 is 27.9 Å². The van der Waals surface area contributed by atoms with Gasteiger partial charge in [-0.2, -0.15) is 0 Å². The Labute approximate surface area is 90.7 Å². The Bertz CT molecular complexity index is 374. The predicted molar refractivity (Wildman–Crippen MR) is 58.9 cm³/mol. The third-order valence-electron chi connectivity index (χ3n) is 1.62. The lowest BCUT2D eigenvalue weighted by atomic mass is 10.2. The van der Waals surface area contributed by atoms with Gasteiger partial charge in [-0.25, -0.2) is 0 Å². The average molecular weight is 256 g/mol. The Morgan fingerprint density at radius 1 is 1.57 bits per heavy atom. The Kier molecular flexibility index (Phi) is 3.71. The highest BCUT2D eigenvalue weighted by Gasteiger charge is 1.99. The van der Waals surface area contributed by atoms with Crippen LogP contribution in [0.3, 0.4) is 0 Å². The number of amides is 1. The van der Waals surface area contributed by atoms with Crippen molar-refractivity contribution in [3.63, 3.8) is 0 Å². The Hall–Kier alpha value is -1.29. The van der Waals surface area contributed by atoms with Gasteiger partial charge in [0.25, 0.3) is 0 Å². The van der Waals surface area contributed by atoms with Gasteiger partial charge in [-0.1, -0.05) is 15.9 Å². The van der Waals surface area contributed by atoms with E-state index in [1.807, 2.05) is 18.2 Å². The fraction of sp³-hybridized carbons (Fsp3) is 0.100. The van der Waals surface area contributed by atoms with Crippen LogP contribution in [0.4, 0.5) is 0 Å². The Morgan fingerprint density at radius 3 is 2.86 bits per heavy atom. The smallest absolute Gasteiger partial charge is 0.241 e. The summed E-state index contributed by atoms with van der Waals surface area (Å²) in [6.45, 7) is 0. The summed E-state index contributed by atoms with van der Waals surface area (Å²) < 4.78 is 6.03. The summed E-state index contributed by atoms with van der Waals surface area (Å²) in [5, 5.41) is 0. The van der Waals surface area contributed by atoms with Crippen molar-refractivity contribution in [3.8, 4) is 5.75 Å². The lowest BCUT2D eigenvalue weighted by Crippen LogP contribution is -2.05. The van der Waals surface area contributed by atoms with E-state index in [0.29, 0.717) is 5.75 Å². The molecule has 1 aromatic rings. The normalized spacial score (nSPS) is 10.4. The molecule has 0 saturated heterocycles. The van der Waals surface area contributed by atoms with Gasteiger partial charge in [-0.3, -0.25) is 4.79 Å². The maximum absolute atomic E-state index is 10.5. The molecule has 1 rings (SSSR count). The van der Waals surface area contributed by atoms with Crippen molar-refractivity contribution in [2.24, 2.45) is 5.73 Å². The van der Waals surface area contributed by atoms with E-state index in [1.165, 1.54) is 6.08 Å². The molecule has 1 amide bonds. The molecular weight excluding hydrogens is 246 g/mol. The number of halogens is 1. The fourth-order valence-corrected chi connectivity index (χ4v) is 1.39. The summed E-state index contributed by atoms with van der Waals surface area (Å²) in [4.78, 5) is 10.5. The average Bonchev–Trinajstić information content (AvgIpc) is 2.15. The highest BCUT2D eigenvalue weighted by atomic mass is 79.9. The zero-order valence-electron chi connectivity index (χ0n) is 7.66. The first-order valence-corrected chi connectivity index (χ1v) is 4.74. The molecular formula is C10H10BrNO2. The van der Waals surface area contributed by atoms with E-state index in [9.17, 15) is 4.79 Å². The van der Waals surface area contributed by atoms with E-state index in [1.54, 1.807) is 13.2 Å². The van der Waals surface area contributed by atoms with Crippen LogP contribution in [0.15, 0.2) is 28.7 Å². The number of benzene rings is 1. The lowest BCUT2D eigenvalue weighted by Gasteiger charge is -2.04. The van der Waals surface area contributed by atoms with Gasteiger partial charge in [0, 0.05) is 16.1 Å². The number of primary amides is 1. The monoisotopic (exact) mass is 255 g/mol. The fourth-order valence-electron chi connectivity index (χ4n) is 1.01. The van der Waals surface area contributed by atoms with Crippen LogP contribution in [-0.4, -0.2) is 13.0 Å². The van der Waals surface area contributed by atoms with Crippen molar-refractivity contribution in [1.82, 2.24) is 0 Å². The molecule has 0 unspecified atom stereocenters. The highest BCUT2D eigenvalue weighted by molar-refractivity contribution is 9.10. The molecule has 0 bridgehead atoms. The number of methoxy groups -OCH3 is 1. The van der Waals surface area contributed by atoms with Crippen molar-refractivity contribution in [2.75, 3.05) is 7.11 Å². The molecule has 0 fully saturated rings. The van der Waals surface area contributed by atoms with Gasteiger partial charge >= 0.3 is 0 Å². The van der Waals surface area contributed by atoms with Gasteiger partial charge in [0.15, 0.2) is 0 Å². The third-order valence-corrected chi connectivity index (χ3v) is 2.11. The molecule has 74 valence electrons. The molecule has 4 heteroatoms. The third kappa shape index (κ3) is 2.88. The zero-order valence-corrected chi connectivity index (χ0v) is 9.24. The molecule has 2 N–H and O–H groups in total. The van der Waals surface area contributed by atoms with Gasteiger partial charge < -0.3 is 10.5 Å². The van der Waals surface area contributed by atoms with Crippen LogP contribution in [0, 0.1) is 0 Å². The van der Waals surface area contributed by atoms with Crippen molar-refractivity contribution < 1.29 is 9.53 Å². The topological polar surface area (TPSA) is 52.3 Å². The van der Waals surface area contributed by atoms with E-state index in [2.05, 4.69) is 15.9 Å². The lowest BCUT2D eigenvalue weighted by molar-refractivity contribution is -0.113. The number of nitrogens with two attached hydrogens (primary N) is 1. The first-order valence-electron chi connectivity index (χ1n) is 3.94. The maximum Gasteiger partial charge on any atom is 0.241 e. The minimum absolute atomic E-state index is 0.480. The second-order valence-corrected chi connectivity index (χ2v) is 3.54. The van der Waals surface area contributed by atoms with Crippen LogP contribution in [0.1, 0.15) is 5.56 Å². The summed E-state index contributed by atoms with van der Waals surface area (Å²) in [5.41, 5.74) is 5.80. The SMILES string of the molecule is COc1ccc(Br)cc1/C=C/C(N)=O. The molecule has 0 saturated carbocycles. The number of ether oxygens (including phenoxy) is 1. The van der Waals surface area contributed by atoms with Crippen LogP contribution < -0.4 is 10.5 Å². The first kappa shape index (κ1) is 10.8. The van der Waals surface area contributed by atoms with E-state index in [-0.39, 0.29) is 0 Å². The Balaban J connectivity index is 3.04. The molecule has 3 nitrogen and oxygen atoms in total. The Morgan fingerprint density at radius 2 is 2.29 bits per heavy atom. The van der Waals surface area contributed by atoms with Crippen LogP contribution in [-0.2, 0) is 4.79 Å². The van der Waals surface area contributed by atoms with Gasteiger partial charge in [0.2, 0.25) is 5.91 Å². The second-order valence-electron chi connectivity index (χ2n) is 2.62. The summed E-state index contributed by atoms with van der Waals surface area (Å²) in [7, 11) is 1.57. The minimum Gasteiger partial charge on any atom is -0.496 e. The van der Waals surface area contributed by atoms with Gasteiger partial charge in [-0.05, 0) is 24.3 Å². The van der Waals surface area contributed by atoms with Gasteiger partial charge in [0.1, 0.15) is 5.75 Å². The minimum atomic E-state index is -0.480. The molecule has 0 aliphatic carbocycles. The highest BCUT2D eigenvalue weighted by Crippen LogP contribution is 2.23. The van der Waals surface area contributed by atoms with Crippen molar-refractivity contribution in [1.29, 1.82) is 0 Å². The quantitative estimate of drug-likeness (QED) is 0.840. The van der Waals surface area contributed by atoms with Gasteiger partial charge in [0.05, 0.1) is 7.11 Å². The molecule has 0 spiro atoms. The molecule has 0 aliphatic rings. The van der Waals surface area contributed by atoms with Gasteiger partial charge in [-0.15, -0.1) is 0 Å². The van der Waals surface area contributed by atoms with E-state index in [4.69, 9.17) is 10.5 Å². The maximum atomic E-state index is 10.5. The zero-order chi connectivity index (χ0) is 10.6. The van der Waals surface area contributed by atoms with Crippen molar-refractivity contribution in [2.45, 2.75) is 0 Å². The summed E-state index contributed by atoms with van der Waals surface area (Å²) in [6.07, 6.45) is 2.91. The standard InChI is InChI=1S/C10H10BrNO2/c1-14-9-4-3-8(11)6-7(9)2-5-10(12)13/h2-6H,1H3,(H2,12,13)/b5-2+. The van der Waals surface area contributed by atoms with Crippen LogP contribution in [0.25, 0.3) is 6.08 Å². The molecule has 0 aromatic heterocycles. The molecule has 0 heterocycles.